The van der Waals surface area contributed by atoms with Crippen LogP contribution in [-0.4, -0.2) is 11.1 Å². The van der Waals surface area contributed by atoms with E-state index in [1.807, 2.05) is 12.1 Å². The summed E-state index contributed by atoms with van der Waals surface area (Å²) in [5.74, 6) is 0. The quantitative estimate of drug-likeness (QED) is 0.851. The fourth-order valence-corrected chi connectivity index (χ4v) is 2.11. The Morgan fingerprint density at radius 3 is 2.93 bits per heavy atom. The molecule has 0 bridgehead atoms. The van der Waals surface area contributed by atoms with E-state index in [9.17, 15) is 0 Å². The van der Waals surface area contributed by atoms with E-state index < -0.39 is 0 Å². The number of hydrogen-bond acceptors (Lipinski definition) is 1. The van der Waals surface area contributed by atoms with E-state index in [1.54, 1.807) is 0 Å². The Bertz CT molecular complexity index is 474. The third-order valence-electron chi connectivity index (χ3n) is 2.68. The van der Waals surface area contributed by atoms with Crippen LogP contribution >= 0.6 is 11.6 Å². The Balaban J connectivity index is 2.49. The van der Waals surface area contributed by atoms with Gasteiger partial charge in [0.25, 0.3) is 0 Å². The number of halogens is 1. The van der Waals surface area contributed by atoms with Gasteiger partial charge in [-0.2, -0.15) is 0 Å². The minimum atomic E-state index is 0.733. The van der Waals surface area contributed by atoms with Crippen LogP contribution in [0.4, 0.5) is 0 Å². The van der Waals surface area contributed by atoms with E-state index in [0.717, 1.165) is 24.4 Å². The summed E-state index contributed by atoms with van der Waals surface area (Å²) in [6, 6.07) is 6.02. The van der Waals surface area contributed by atoms with Crippen LogP contribution in [0.2, 0.25) is 5.02 Å². The number of aromatic nitrogens is 1. The lowest BCUT2D eigenvalue weighted by atomic mass is 10.1. The van der Waals surface area contributed by atoms with Gasteiger partial charge in [-0.05, 0) is 43.1 Å². The highest BCUT2D eigenvalue weighted by Gasteiger charge is 2.06. The van der Waals surface area contributed by atoms with E-state index in [1.165, 1.54) is 16.5 Å². The maximum atomic E-state index is 6.00. The highest BCUT2D eigenvalue weighted by Crippen LogP contribution is 2.24. The summed E-state index contributed by atoms with van der Waals surface area (Å²) >= 11 is 6.00. The second-order valence-electron chi connectivity index (χ2n) is 3.82. The number of rotatable bonds is 3. The van der Waals surface area contributed by atoms with Gasteiger partial charge in [-0.15, -0.1) is 0 Å². The molecular formula is C12H15ClN2. The second kappa shape index (κ2) is 4.25. The van der Waals surface area contributed by atoms with Gasteiger partial charge in [0.05, 0.1) is 0 Å². The molecule has 1 heterocycles. The molecule has 0 saturated carbocycles. The molecule has 0 aliphatic rings. The van der Waals surface area contributed by atoms with Crippen LogP contribution < -0.4 is 5.73 Å². The number of benzene rings is 1. The molecule has 80 valence electrons. The van der Waals surface area contributed by atoms with E-state index in [2.05, 4.69) is 23.9 Å². The lowest BCUT2D eigenvalue weighted by molar-refractivity contribution is 0.830. The third-order valence-corrected chi connectivity index (χ3v) is 2.92. The van der Waals surface area contributed by atoms with Gasteiger partial charge < -0.3 is 10.3 Å². The number of hydrogen-bond donors (Lipinski definition) is 1. The first kappa shape index (κ1) is 10.5. The first-order valence-corrected chi connectivity index (χ1v) is 5.53. The zero-order valence-corrected chi connectivity index (χ0v) is 9.59. The van der Waals surface area contributed by atoms with Crippen LogP contribution in [-0.2, 0) is 13.5 Å². The molecule has 0 amide bonds. The van der Waals surface area contributed by atoms with Crippen LogP contribution in [0.1, 0.15) is 12.0 Å². The SMILES string of the molecule is Cn1cc(CCCN)c2cc(Cl)ccc21. The zero-order chi connectivity index (χ0) is 10.8. The minimum Gasteiger partial charge on any atom is -0.350 e. The maximum Gasteiger partial charge on any atom is 0.0481 e. The molecule has 3 heteroatoms. The van der Waals surface area contributed by atoms with Crippen LogP contribution in [0.3, 0.4) is 0 Å². The Morgan fingerprint density at radius 1 is 1.40 bits per heavy atom. The van der Waals surface area contributed by atoms with Crippen molar-refractivity contribution in [2.24, 2.45) is 12.8 Å². The molecule has 2 rings (SSSR count). The molecule has 2 N–H and O–H groups in total. The number of nitrogens with zero attached hydrogens (tertiary/aromatic N) is 1. The van der Waals surface area contributed by atoms with E-state index in [4.69, 9.17) is 17.3 Å². The van der Waals surface area contributed by atoms with Gasteiger partial charge in [-0.3, -0.25) is 0 Å². The van der Waals surface area contributed by atoms with Crippen molar-refractivity contribution in [3.8, 4) is 0 Å². The molecule has 0 radical (unpaired) electrons. The summed E-state index contributed by atoms with van der Waals surface area (Å²) in [6.07, 6.45) is 4.20. The Kier molecular flexibility index (Phi) is 2.98. The summed E-state index contributed by atoms with van der Waals surface area (Å²) < 4.78 is 2.14. The molecule has 0 spiro atoms. The Labute approximate surface area is 94.6 Å². The number of nitrogens with two attached hydrogens (primary N) is 1. The fraction of sp³-hybridized carbons (Fsp3) is 0.333. The second-order valence-corrected chi connectivity index (χ2v) is 4.26. The van der Waals surface area contributed by atoms with Crippen molar-refractivity contribution < 1.29 is 0 Å². The summed E-state index contributed by atoms with van der Waals surface area (Å²) in [7, 11) is 2.06. The lowest BCUT2D eigenvalue weighted by Crippen LogP contribution is -1.99. The molecule has 0 unspecified atom stereocenters. The number of fused-ring (bicyclic) bond motifs is 1. The Morgan fingerprint density at radius 2 is 2.20 bits per heavy atom. The third kappa shape index (κ3) is 2.01. The number of aryl methyl sites for hydroxylation is 2. The fourth-order valence-electron chi connectivity index (χ4n) is 1.94. The minimum absolute atomic E-state index is 0.733. The zero-order valence-electron chi connectivity index (χ0n) is 8.83. The van der Waals surface area contributed by atoms with Crippen molar-refractivity contribution in [3.05, 3.63) is 35.0 Å². The molecule has 0 aliphatic heterocycles. The molecule has 15 heavy (non-hydrogen) atoms. The van der Waals surface area contributed by atoms with Gasteiger partial charge in [-0.25, -0.2) is 0 Å². The van der Waals surface area contributed by atoms with Crippen molar-refractivity contribution in [2.45, 2.75) is 12.8 Å². The molecular weight excluding hydrogens is 208 g/mol. The van der Waals surface area contributed by atoms with Crippen molar-refractivity contribution >= 4 is 22.5 Å². The smallest absolute Gasteiger partial charge is 0.0481 e. The van der Waals surface area contributed by atoms with Crippen LogP contribution in [0, 0.1) is 0 Å². The van der Waals surface area contributed by atoms with Gasteiger partial charge in [0, 0.05) is 29.2 Å². The van der Waals surface area contributed by atoms with Gasteiger partial charge in [0.15, 0.2) is 0 Å². The topological polar surface area (TPSA) is 30.9 Å². The van der Waals surface area contributed by atoms with Crippen LogP contribution in [0.15, 0.2) is 24.4 Å². The first-order valence-electron chi connectivity index (χ1n) is 5.16. The molecule has 1 aromatic heterocycles. The van der Waals surface area contributed by atoms with E-state index in [-0.39, 0.29) is 0 Å². The van der Waals surface area contributed by atoms with Crippen molar-refractivity contribution in [1.82, 2.24) is 4.57 Å². The lowest BCUT2D eigenvalue weighted by Gasteiger charge is -1.98. The van der Waals surface area contributed by atoms with Gasteiger partial charge >= 0.3 is 0 Å². The molecule has 2 nitrogen and oxygen atoms in total. The normalized spacial score (nSPS) is 11.1. The predicted molar refractivity (Wildman–Crippen MR) is 65.3 cm³/mol. The van der Waals surface area contributed by atoms with Gasteiger partial charge in [-0.1, -0.05) is 11.6 Å². The highest BCUT2D eigenvalue weighted by molar-refractivity contribution is 6.31. The van der Waals surface area contributed by atoms with Crippen LogP contribution in [0.5, 0.6) is 0 Å². The maximum absolute atomic E-state index is 6.00. The monoisotopic (exact) mass is 222 g/mol. The molecule has 0 aliphatic carbocycles. The average molecular weight is 223 g/mol. The molecule has 0 fully saturated rings. The van der Waals surface area contributed by atoms with Crippen LogP contribution in [0.25, 0.3) is 10.9 Å². The highest BCUT2D eigenvalue weighted by atomic mass is 35.5. The first-order chi connectivity index (χ1) is 7.22. The van der Waals surface area contributed by atoms with E-state index >= 15 is 0 Å². The standard InChI is InChI=1S/C12H15ClN2/c1-15-8-9(3-2-6-14)11-7-10(13)4-5-12(11)15/h4-5,7-8H,2-3,6,14H2,1H3. The van der Waals surface area contributed by atoms with Crippen molar-refractivity contribution in [1.29, 1.82) is 0 Å². The van der Waals surface area contributed by atoms with E-state index in [0.29, 0.717) is 0 Å². The summed E-state index contributed by atoms with van der Waals surface area (Å²) in [5, 5.41) is 2.04. The van der Waals surface area contributed by atoms with Crippen molar-refractivity contribution in [3.63, 3.8) is 0 Å². The summed E-state index contributed by atoms with van der Waals surface area (Å²) in [6.45, 7) is 0.733. The summed E-state index contributed by atoms with van der Waals surface area (Å²) in [5.41, 5.74) is 8.09. The largest absolute Gasteiger partial charge is 0.350 e. The molecule has 0 atom stereocenters. The molecule has 2 aromatic rings. The van der Waals surface area contributed by atoms with Gasteiger partial charge in [0.2, 0.25) is 0 Å². The Hall–Kier alpha value is -0.990. The molecule has 0 saturated heterocycles. The van der Waals surface area contributed by atoms with Crippen molar-refractivity contribution in [2.75, 3.05) is 6.54 Å². The molecule has 1 aromatic carbocycles. The summed E-state index contributed by atoms with van der Waals surface area (Å²) in [4.78, 5) is 0. The predicted octanol–water partition coefficient (Wildman–Crippen LogP) is 2.72. The average Bonchev–Trinajstić information content (AvgIpc) is 2.52. The van der Waals surface area contributed by atoms with Gasteiger partial charge in [0.1, 0.15) is 0 Å².